The largest absolute Gasteiger partial charge is 0.492 e. The summed E-state index contributed by atoms with van der Waals surface area (Å²) in [5, 5.41) is 0. The molecule has 0 saturated carbocycles. The fourth-order valence-corrected chi connectivity index (χ4v) is 2.27. The molecular weight excluding hydrogens is 212 g/mol. The number of benzene rings is 2. The SMILES string of the molecule is O=Cc1ccc2c(c1)C(c1ccccc1)CO2. The molecule has 1 aliphatic rings. The quantitative estimate of drug-likeness (QED) is 0.733. The smallest absolute Gasteiger partial charge is 0.150 e. The van der Waals surface area contributed by atoms with E-state index in [4.69, 9.17) is 4.74 Å². The van der Waals surface area contributed by atoms with Gasteiger partial charge in [0, 0.05) is 17.0 Å². The third-order valence-electron chi connectivity index (χ3n) is 3.15. The highest BCUT2D eigenvalue weighted by molar-refractivity contribution is 5.76. The van der Waals surface area contributed by atoms with Crippen molar-refractivity contribution in [3.8, 4) is 5.75 Å². The summed E-state index contributed by atoms with van der Waals surface area (Å²) in [6.45, 7) is 0.654. The predicted molar refractivity (Wildman–Crippen MR) is 65.6 cm³/mol. The van der Waals surface area contributed by atoms with Crippen molar-refractivity contribution in [3.63, 3.8) is 0 Å². The Morgan fingerprint density at radius 1 is 1.12 bits per heavy atom. The second-order valence-electron chi connectivity index (χ2n) is 4.19. The van der Waals surface area contributed by atoms with Crippen LogP contribution in [0.4, 0.5) is 0 Å². The Kier molecular flexibility index (Phi) is 2.41. The Morgan fingerprint density at radius 2 is 1.94 bits per heavy atom. The van der Waals surface area contributed by atoms with Gasteiger partial charge in [0.05, 0.1) is 6.61 Å². The molecule has 0 amide bonds. The molecule has 0 aromatic heterocycles. The van der Waals surface area contributed by atoms with Gasteiger partial charge in [-0.25, -0.2) is 0 Å². The van der Waals surface area contributed by atoms with E-state index in [9.17, 15) is 4.79 Å². The summed E-state index contributed by atoms with van der Waals surface area (Å²) in [5.74, 6) is 1.13. The zero-order chi connectivity index (χ0) is 11.7. The number of aldehydes is 1. The lowest BCUT2D eigenvalue weighted by molar-refractivity contribution is 0.112. The van der Waals surface area contributed by atoms with E-state index >= 15 is 0 Å². The summed E-state index contributed by atoms with van der Waals surface area (Å²) in [7, 11) is 0. The normalized spacial score (nSPS) is 17.3. The first-order valence-electron chi connectivity index (χ1n) is 5.65. The van der Waals surface area contributed by atoms with Gasteiger partial charge < -0.3 is 4.74 Å². The van der Waals surface area contributed by atoms with Crippen LogP contribution in [-0.2, 0) is 0 Å². The van der Waals surface area contributed by atoms with Crippen LogP contribution < -0.4 is 4.74 Å². The van der Waals surface area contributed by atoms with Gasteiger partial charge in [0.1, 0.15) is 12.0 Å². The Hall–Kier alpha value is -2.09. The fraction of sp³-hybridized carbons (Fsp3) is 0.133. The monoisotopic (exact) mass is 224 g/mol. The molecule has 0 N–H and O–H groups in total. The first-order chi connectivity index (χ1) is 8.38. The first-order valence-corrected chi connectivity index (χ1v) is 5.65. The van der Waals surface area contributed by atoms with Gasteiger partial charge in [-0.3, -0.25) is 4.79 Å². The zero-order valence-corrected chi connectivity index (χ0v) is 9.30. The third kappa shape index (κ3) is 1.72. The molecule has 0 radical (unpaired) electrons. The van der Waals surface area contributed by atoms with Crippen LogP contribution in [0.2, 0.25) is 0 Å². The molecule has 3 rings (SSSR count). The molecule has 2 aromatic carbocycles. The van der Waals surface area contributed by atoms with Crippen molar-refractivity contribution in [2.75, 3.05) is 6.61 Å². The van der Waals surface area contributed by atoms with Crippen LogP contribution in [0, 0.1) is 0 Å². The van der Waals surface area contributed by atoms with Crippen molar-refractivity contribution in [3.05, 3.63) is 65.2 Å². The Morgan fingerprint density at radius 3 is 2.71 bits per heavy atom. The summed E-state index contributed by atoms with van der Waals surface area (Å²) in [6.07, 6.45) is 0.876. The summed E-state index contributed by atoms with van der Waals surface area (Å²) < 4.78 is 5.65. The minimum Gasteiger partial charge on any atom is -0.492 e. The van der Waals surface area contributed by atoms with Crippen LogP contribution >= 0.6 is 0 Å². The number of carbonyl (C=O) groups is 1. The molecule has 1 atom stereocenters. The molecule has 0 saturated heterocycles. The van der Waals surface area contributed by atoms with E-state index in [1.54, 1.807) is 6.07 Å². The minimum absolute atomic E-state index is 0.242. The zero-order valence-electron chi connectivity index (χ0n) is 9.30. The van der Waals surface area contributed by atoms with Gasteiger partial charge in [0.15, 0.2) is 0 Å². The average Bonchev–Trinajstić information content (AvgIpc) is 2.82. The highest BCUT2D eigenvalue weighted by atomic mass is 16.5. The van der Waals surface area contributed by atoms with Crippen molar-refractivity contribution in [1.29, 1.82) is 0 Å². The Bertz CT molecular complexity index is 546. The van der Waals surface area contributed by atoms with E-state index in [0.29, 0.717) is 12.2 Å². The van der Waals surface area contributed by atoms with Gasteiger partial charge in [-0.15, -0.1) is 0 Å². The second-order valence-corrected chi connectivity index (χ2v) is 4.19. The molecule has 1 heterocycles. The number of fused-ring (bicyclic) bond motifs is 1. The Labute approximate surface area is 99.9 Å². The number of ether oxygens (including phenoxy) is 1. The van der Waals surface area contributed by atoms with Gasteiger partial charge in [-0.2, -0.15) is 0 Å². The van der Waals surface area contributed by atoms with Crippen LogP contribution in [0.25, 0.3) is 0 Å². The van der Waals surface area contributed by atoms with E-state index in [1.165, 1.54) is 5.56 Å². The van der Waals surface area contributed by atoms with Crippen molar-refractivity contribution in [2.45, 2.75) is 5.92 Å². The van der Waals surface area contributed by atoms with Gasteiger partial charge in [-0.1, -0.05) is 30.3 Å². The number of hydrogen-bond acceptors (Lipinski definition) is 2. The molecule has 0 spiro atoms. The van der Waals surface area contributed by atoms with Crippen LogP contribution in [0.15, 0.2) is 48.5 Å². The number of rotatable bonds is 2. The highest BCUT2D eigenvalue weighted by Gasteiger charge is 2.25. The van der Waals surface area contributed by atoms with Crippen LogP contribution in [0.3, 0.4) is 0 Å². The van der Waals surface area contributed by atoms with Gasteiger partial charge in [0.2, 0.25) is 0 Å². The van der Waals surface area contributed by atoms with Crippen molar-refractivity contribution in [2.24, 2.45) is 0 Å². The van der Waals surface area contributed by atoms with E-state index in [2.05, 4.69) is 12.1 Å². The van der Waals surface area contributed by atoms with E-state index < -0.39 is 0 Å². The maximum atomic E-state index is 10.8. The van der Waals surface area contributed by atoms with Gasteiger partial charge >= 0.3 is 0 Å². The summed E-state index contributed by atoms with van der Waals surface area (Å²) in [4.78, 5) is 10.8. The van der Waals surface area contributed by atoms with E-state index in [0.717, 1.165) is 17.6 Å². The lowest BCUT2D eigenvalue weighted by Gasteiger charge is -2.08. The van der Waals surface area contributed by atoms with Crippen molar-refractivity contribution >= 4 is 6.29 Å². The molecule has 2 aromatic rings. The number of hydrogen-bond donors (Lipinski definition) is 0. The molecule has 1 aliphatic heterocycles. The predicted octanol–water partition coefficient (Wildman–Crippen LogP) is 3.02. The minimum atomic E-state index is 0.242. The highest BCUT2D eigenvalue weighted by Crippen LogP contribution is 2.38. The van der Waals surface area contributed by atoms with Gasteiger partial charge in [-0.05, 0) is 23.8 Å². The first kappa shape index (κ1) is 10.1. The molecule has 0 aliphatic carbocycles. The Balaban J connectivity index is 2.06. The molecule has 2 nitrogen and oxygen atoms in total. The lowest BCUT2D eigenvalue weighted by atomic mass is 9.92. The lowest BCUT2D eigenvalue weighted by Crippen LogP contribution is -2.02. The standard InChI is InChI=1S/C15H12O2/c16-9-11-6-7-15-13(8-11)14(10-17-15)12-4-2-1-3-5-12/h1-9,14H,10H2. The second kappa shape index (κ2) is 4.06. The summed E-state index contributed by atoms with van der Waals surface area (Å²) >= 11 is 0. The maximum absolute atomic E-state index is 10.8. The van der Waals surface area contributed by atoms with Crippen LogP contribution in [0.5, 0.6) is 5.75 Å². The van der Waals surface area contributed by atoms with Crippen LogP contribution in [-0.4, -0.2) is 12.9 Å². The molecule has 0 bridgehead atoms. The fourth-order valence-electron chi connectivity index (χ4n) is 2.27. The molecule has 84 valence electrons. The van der Waals surface area contributed by atoms with Crippen molar-refractivity contribution < 1.29 is 9.53 Å². The van der Waals surface area contributed by atoms with E-state index in [1.807, 2.05) is 30.3 Å². The summed E-state index contributed by atoms with van der Waals surface area (Å²) in [5.41, 5.74) is 3.05. The molecule has 17 heavy (non-hydrogen) atoms. The van der Waals surface area contributed by atoms with E-state index in [-0.39, 0.29) is 5.92 Å². The third-order valence-corrected chi connectivity index (χ3v) is 3.15. The van der Waals surface area contributed by atoms with Crippen molar-refractivity contribution in [1.82, 2.24) is 0 Å². The molecule has 0 fully saturated rings. The number of carbonyl (C=O) groups excluding carboxylic acids is 1. The van der Waals surface area contributed by atoms with Gasteiger partial charge in [0.25, 0.3) is 0 Å². The maximum Gasteiger partial charge on any atom is 0.150 e. The van der Waals surface area contributed by atoms with Crippen LogP contribution in [0.1, 0.15) is 27.4 Å². The molecule has 2 heteroatoms. The summed E-state index contributed by atoms with van der Waals surface area (Å²) in [6, 6.07) is 15.8. The molecule has 1 unspecified atom stereocenters. The molecular formula is C15H12O2. The average molecular weight is 224 g/mol. The topological polar surface area (TPSA) is 26.3 Å².